The maximum Gasteiger partial charge on any atom is 0.253 e. The summed E-state index contributed by atoms with van der Waals surface area (Å²) in [6, 6.07) is 5.31. The first-order valence-electron chi connectivity index (χ1n) is 5.92. The van der Waals surface area contributed by atoms with Gasteiger partial charge in [0, 0.05) is 29.3 Å². The Morgan fingerprint density at radius 3 is 2.90 bits per heavy atom. The number of aromatic nitrogens is 4. The van der Waals surface area contributed by atoms with Crippen molar-refractivity contribution in [3.63, 3.8) is 0 Å². The van der Waals surface area contributed by atoms with E-state index >= 15 is 0 Å². The Labute approximate surface area is 117 Å². The van der Waals surface area contributed by atoms with E-state index in [0.717, 1.165) is 6.07 Å². The summed E-state index contributed by atoms with van der Waals surface area (Å²) in [5.41, 5.74) is 0.420. The first-order valence-corrected chi connectivity index (χ1v) is 6.80. The average Bonchev–Trinajstić information content (AvgIpc) is 2.80. The minimum atomic E-state index is -0.585. The zero-order chi connectivity index (χ0) is 14.1. The number of benzene rings is 1. The lowest BCUT2D eigenvalue weighted by Crippen LogP contribution is -1.95. The Balaban J connectivity index is 1.86. The van der Waals surface area contributed by atoms with Crippen molar-refractivity contribution in [3.8, 4) is 0 Å². The van der Waals surface area contributed by atoms with E-state index in [9.17, 15) is 8.78 Å². The van der Waals surface area contributed by atoms with Gasteiger partial charge in [-0.2, -0.15) is 4.98 Å². The van der Waals surface area contributed by atoms with E-state index in [4.69, 9.17) is 0 Å². The number of hydrogen-bond acceptors (Lipinski definition) is 4. The van der Waals surface area contributed by atoms with Crippen LogP contribution >= 0.6 is 11.8 Å². The molecule has 0 spiro atoms. The van der Waals surface area contributed by atoms with E-state index < -0.39 is 11.6 Å². The zero-order valence-corrected chi connectivity index (χ0v) is 11.3. The molecule has 3 aromatic rings. The van der Waals surface area contributed by atoms with Crippen LogP contribution in [0.3, 0.4) is 0 Å². The van der Waals surface area contributed by atoms with E-state index in [-0.39, 0.29) is 5.25 Å². The van der Waals surface area contributed by atoms with Gasteiger partial charge in [-0.1, -0.05) is 17.8 Å². The van der Waals surface area contributed by atoms with Gasteiger partial charge < -0.3 is 0 Å². The summed E-state index contributed by atoms with van der Waals surface area (Å²) in [6.07, 6.45) is 3.37. The Morgan fingerprint density at radius 2 is 2.15 bits per heavy atom. The molecule has 102 valence electrons. The topological polar surface area (TPSA) is 43.1 Å². The SMILES string of the molecule is C[C@H](Sc1nc2ncccn2n1)c1ccc(F)cc1F. The third-order valence-corrected chi connectivity index (χ3v) is 3.77. The van der Waals surface area contributed by atoms with E-state index in [1.807, 2.05) is 6.92 Å². The van der Waals surface area contributed by atoms with Crippen LogP contribution in [0.25, 0.3) is 5.78 Å². The molecule has 0 N–H and O–H groups in total. The molecule has 3 rings (SSSR count). The van der Waals surface area contributed by atoms with Gasteiger partial charge in [0.25, 0.3) is 5.78 Å². The van der Waals surface area contributed by atoms with Crippen LogP contribution in [-0.4, -0.2) is 19.6 Å². The van der Waals surface area contributed by atoms with Gasteiger partial charge in [0.1, 0.15) is 11.6 Å². The molecule has 1 aromatic carbocycles. The van der Waals surface area contributed by atoms with Gasteiger partial charge in [-0.25, -0.2) is 18.3 Å². The minimum absolute atomic E-state index is 0.229. The molecule has 4 nitrogen and oxygen atoms in total. The number of nitrogens with zero attached hydrogens (tertiary/aromatic N) is 4. The molecule has 1 atom stereocenters. The minimum Gasteiger partial charge on any atom is -0.220 e. The normalized spacial score (nSPS) is 12.8. The number of hydrogen-bond donors (Lipinski definition) is 0. The summed E-state index contributed by atoms with van der Waals surface area (Å²) >= 11 is 1.30. The van der Waals surface area contributed by atoms with Crippen LogP contribution in [0.5, 0.6) is 0 Å². The van der Waals surface area contributed by atoms with Gasteiger partial charge in [-0.3, -0.25) is 0 Å². The van der Waals surface area contributed by atoms with Crippen molar-refractivity contribution in [2.75, 3.05) is 0 Å². The zero-order valence-electron chi connectivity index (χ0n) is 10.5. The number of halogens is 2. The fraction of sp³-hybridized carbons (Fsp3) is 0.154. The van der Waals surface area contributed by atoms with Gasteiger partial charge >= 0.3 is 0 Å². The van der Waals surface area contributed by atoms with Crippen molar-refractivity contribution in [1.29, 1.82) is 0 Å². The summed E-state index contributed by atoms with van der Waals surface area (Å²) in [5, 5.41) is 4.51. The maximum absolute atomic E-state index is 13.7. The molecular weight excluding hydrogens is 282 g/mol. The van der Waals surface area contributed by atoms with Gasteiger partial charge in [0.05, 0.1) is 0 Å². The molecule has 0 bridgehead atoms. The molecule has 0 saturated heterocycles. The molecular formula is C13H10F2N4S. The molecule has 0 aliphatic rings. The highest BCUT2D eigenvalue weighted by atomic mass is 32.2. The second kappa shape index (κ2) is 5.16. The molecule has 20 heavy (non-hydrogen) atoms. The molecule has 0 amide bonds. The van der Waals surface area contributed by atoms with E-state index in [1.165, 1.54) is 23.9 Å². The smallest absolute Gasteiger partial charge is 0.220 e. The molecule has 7 heteroatoms. The monoisotopic (exact) mass is 292 g/mol. The molecule has 0 saturated carbocycles. The van der Waals surface area contributed by atoms with Crippen molar-refractivity contribution in [2.45, 2.75) is 17.3 Å². The lowest BCUT2D eigenvalue weighted by molar-refractivity contribution is 0.572. The van der Waals surface area contributed by atoms with Crippen molar-refractivity contribution in [1.82, 2.24) is 19.6 Å². The molecule has 0 fully saturated rings. The van der Waals surface area contributed by atoms with E-state index in [2.05, 4.69) is 15.1 Å². The molecule has 0 unspecified atom stereocenters. The van der Waals surface area contributed by atoms with E-state index in [1.54, 1.807) is 23.0 Å². The number of rotatable bonds is 3. The molecule has 0 radical (unpaired) electrons. The quantitative estimate of drug-likeness (QED) is 0.695. The molecule has 0 aliphatic heterocycles. The van der Waals surface area contributed by atoms with Crippen molar-refractivity contribution in [2.24, 2.45) is 0 Å². The third kappa shape index (κ3) is 2.49. The fourth-order valence-electron chi connectivity index (χ4n) is 1.82. The third-order valence-electron chi connectivity index (χ3n) is 2.78. The van der Waals surface area contributed by atoms with Crippen molar-refractivity contribution < 1.29 is 8.78 Å². The van der Waals surface area contributed by atoms with Crippen molar-refractivity contribution in [3.05, 3.63) is 53.9 Å². The summed E-state index contributed by atoms with van der Waals surface area (Å²) in [4.78, 5) is 8.30. The van der Waals surface area contributed by atoms with Crippen LogP contribution in [-0.2, 0) is 0 Å². The lowest BCUT2D eigenvalue weighted by atomic mass is 10.1. The molecule has 2 aromatic heterocycles. The first-order chi connectivity index (χ1) is 9.63. The maximum atomic E-state index is 13.7. The van der Waals surface area contributed by atoms with Crippen LogP contribution in [0, 0.1) is 11.6 Å². The predicted molar refractivity (Wildman–Crippen MR) is 71.4 cm³/mol. The van der Waals surface area contributed by atoms with Crippen LogP contribution in [0.4, 0.5) is 8.78 Å². The molecule has 2 heterocycles. The molecule has 0 aliphatic carbocycles. The van der Waals surface area contributed by atoms with Crippen molar-refractivity contribution >= 4 is 17.5 Å². The van der Waals surface area contributed by atoms with Gasteiger partial charge in [0.15, 0.2) is 0 Å². The van der Waals surface area contributed by atoms with Gasteiger partial charge in [0.2, 0.25) is 5.16 Å². The Morgan fingerprint density at radius 1 is 1.30 bits per heavy atom. The summed E-state index contributed by atoms with van der Waals surface area (Å²) in [7, 11) is 0. The second-order valence-electron chi connectivity index (χ2n) is 4.18. The van der Waals surface area contributed by atoms with Gasteiger partial charge in [-0.15, -0.1) is 5.10 Å². The lowest BCUT2D eigenvalue weighted by Gasteiger charge is -2.09. The summed E-state index contributed by atoms with van der Waals surface area (Å²) in [6.45, 7) is 1.82. The highest BCUT2D eigenvalue weighted by Gasteiger charge is 2.16. The Kier molecular flexibility index (Phi) is 3.35. The fourth-order valence-corrected chi connectivity index (χ4v) is 2.72. The summed E-state index contributed by atoms with van der Waals surface area (Å²) < 4.78 is 28.1. The standard InChI is InChI=1S/C13H10F2N4S/c1-8(10-4-3-9(14)7-11(10)15)20-13-17-12-16-5-2-6-19(12)18-13/h2-8H,1H3/t8-/m0/s1. The second-order valence-corrected chi connectivity index (χ2v) is 5.49. The number of fused-ring (bicyclic) bond motifs is 1. The van der Waals surface area contributed by atoms with Crippen LogP contribution in [0.15, 0.2) is 41.8 Å². The van der Waals surface area contributed by atoms with E-state index in [0.29, 0.717) is 16.5 Å². The largest absolute Gasteiger partial charge is 0.253 e. The van der Waals surface area contributed by atoms with Crippen LogP contribution in [0.2, 0.25) is 0 Å². The van der Waals surface area contributed by atoms with Crippen LogP contribution in [0.1, 0.15) is 17.7 Å². The number of thioether (sulfide) groups is 1. The Bertz CT molecular complexity index is 726. The predicted octanol–water partition coefficient (Wildman–Crippen LogP) is 3.26. The highest BCUT2D eigenvalue weighted by Crippen LogP contribution is 2.34. The summed E-state index contributed by atoms with van der Waals surface area (Å²) in [5.74, 6) is -0.660. The van der Waals surface area contributed by atoms with Crippen LogP contribution < -0.4 is 0 Å². The first kappa shape index (κ1) is 13.0. The Hall–Kier alpha value is -2.02. The average molecular weight is 292 g/mol. The van der Waals surface area contributed by atoms with Gasteiger partial charge in [-0.05, 0) is 19.1 Å². The highest BCUT2D eigenvalue weighted by molar-refractivity contribution is 7.99.